The molecule has 0 saturated carbocycles. The van der Waals surface area contributed by atoms with Crippen LogP contribution in [0.15, 0.2) is 47.9 Å². The molecule has 1 aliphatic heterocycles. The number of piperidine rings is 1. The summed E-state index contributed by atoms with van der Waals surface area (Å²) in [6.45, 7) is 1.19. The third kappa shape index (κ3) is 2.63. The zero-order valence-electron chi connectivity index (χ0n) is 13.4. The first kappa shape index (κ1) is 15.3. The molecule has 9 heteroatoms. The van der Waals surface area contributed by atoms with Crippen LogP contribution in [-0.2, 0) is 0 Å². The topological polar surface area (TPSA) is 98.6 Å². The first-order chi connectivity index (χ1) is 12.1. The molecule has 0 atom stereocenters. The van der Waals surface area contributed by atoms with Gasteiger partial charge in [-0.25, -0.2) is 9.97 Å². The molecule has 9 nitrogen and oxygen atoms in total. The van der Waals surface area contributed by atoms with Gasteiger partial charge >= 0.3 is 11.2 Å². The lowest BCUT2D eigenvalue weighted by Gasteiger charge is -2.32. The Balaban J connectivity index is 1.71. The second-order valence-electron chi connectivity index (χ2n) is 6.00. The van der Waals surface area contributed by atoms with E-state index >= 15 is 0 Å². The van der Waals surface area contributed by atoms with Crippen LogP contribution >= 0.6 is 0 Å². The van der Waals surface area contributed by atoms with Crippen LogP contribution in [0, 0.1) is 10.1 Å². The van der Waals surface area contributed by atoms with E-state index in [2.05, 4.69) is 14.5 Å². The number of aromatic nitrogens is 4. The van der Waals surface area contributed by atoms with Gasteiger partial charge in [0.15, 0.2) is 0 Å². The molecule has 128 valence electrons. The maximum Gasteiger partial charge on any atom is 0.376 e. The molecule has 0 spiro atoms. The maximum atomic E-state index is 12.5. The van der Waals surface area contributed by atoms with E-state index in [-0.39, 0.29) is 5.82 Å². The normalized spacial score (nSPS) is 15.6. The Hall–Kier alpha value is -3.23. The van der Waals surface area contributed by atoms with E-state index < -0.39 is 16.2 Å². The van der Waals surface area contributed by atoms with Gasteiger partial charge in [-0.2, -0.15) is 0 Å². The minimum atomic E-state index is -0.651. The number of imidazole rings is 1. The average Bonchev–Trinajstić information content (AvgIpc) is 3.16. The Bertz CT molecular complexity index is 973. The van der Waals surface area contributed by atoms with Crippen LogP contribution in [0.3, 0.4) is 0 Å². The van der Waals surface area contributed by atoms with Gasteiger partial charge < -0.3 is 9.47 Å². The predicted octanol–water partition coefficient (Wildman–Crippen LogP) is 1.64. The van der Waals surface area contributed by atoms with Crippen molar-refractivity contribution in [2.24, 2.45) is 0 Å². The highest BCUT2D eigenvalue weighted by atomic mass is 16.6. The van der Waals surface area contributed by atoms with Gasteiger partial charge in [-0.15, -0.1) is 0 Å². The zero-order valence-corrected chi connectivity index (χ0v) is 13.4. The van der Waals surface area contributed by atoms with Crippen molar-refractivity contribution < 1.29 is 4.92 Å². The molecule has 4 heterocycles. The second kappa shape index (κ2) is 6.00. The van der Waals surface area contributed by atoms with E-state index in [0.717, 1.165) is 12.8 Å². The SMILES string of the molecule is O=c1c([N+](=O)[O-])c(N2CCC(n3ccnc3)CC2)nc2ccccn12. The first-order valence-electron chi connectivity index (χ1n) is 8.03. The first-order valence-corrected chi connectivity index (χ1v) is 8.03. The highest BCUT2D eigenvalue weighted by Crippen LogP contribution is 2.29. The summed E-state index contributed by atoms with van der Waals surface area (Å²) in [7, 11) is 0. The Morgan fingerprint density at radius 2 is 2.00 bits per heavy atom. The lowest BCUT2D eigenvalue weighted by Crippen LogP contribution is -2.37. The minimum Gasteiger partial charge on any atom is -0.350 e. The number of fused-ring (bicyclic) bond motifs is 1. The van der Waals surface area contributed by atoms with Crippen molar-refractivity contribution in [2.75, 3.05) is 18.0 Å². The van der Waals surface area contributed by atoms with Gasteiger partial charge in [0, 0.05) is 37.7 Å². The fourth-order valence-electron chi connectivity index (χ4n) is 3.31. The van der Waals surface area contributed by atoms with E-state index in [4.69, 9.17) is 0 Å². The largest absolute Gasteiger partial charge is 0.376 e. The van der Waals surface area contributed by atoms with Gasteiger partial charge in [0.05, 0.1) is 11.3 Å². The summed E-state index contributed by atoms with van der Waals surface area (Å²) in [5.41, 5.74) is -0.711. The number of hydrogen-bond acceptors (Lipinski definition) is 6. The van der Waals surface area contributed by atoms with Crippen molar-refractivity contribution in [3.8, 4) is 0 Å². The summed E-state index contributed by atoms with van der Waals surface area (Å²) in [5, 5.41) is 11.5. The van der Waals surface area contributed by atoms with Gasteiger partial charge in [-0.1, -0.05) is 6.07 Å². The molecule has 0 aromatic carbocycles. The lowest BCUT2D eigenvalue weighted by atomic mass is 10.0. The highest BCUT2D eigenvalue weighted by Gasteiger charge is 2.30. The van der Waals surface area contributed by atoms with Crippen molar-refractivity contribution in [1.82, 2.24) is 18.9 Å². The van der Waals surface area contributed by atoms with Crippen LogP contribution in [0.2, 0.25) is 0 Å². The molecule has 0 unspecified atom stereocenters. The quantitative estimate of drug-likeness (QED) is 0.531. The molecule has 0 aliphatic carbocycles. The molecule has 0 amide bonds. The zero-order chi connectivity index (χ0) is 17.4. The standard InChI is InChI=1S/C16H16N6O3/c23-16-14(22(24)25)15(18-13-3-1-2-7-21(13)16)19-8-4-12(5-9-19)20-10-6-17-11-20/h1-3,6-7,10-12H,4-5,8-9H2. The van der Waals surface area contributed by atoms with E-state index in [9.17, 15) is 14.9 Å². The molecule has 3 aromatic rings. The molecule has 4 rings (SSSR count). The Kier molecular flexibility index (Phi) is 3.68. The molecule has 3 aromatic heterocycles. The number of rotatable bonds is 3. The molecule has 1 saturated heterocycles. The third-order valence-corrected chi connectivity index (χ3v) is 4.59. The Labute approximate surface area is 142 Å². The van der Waals surface area contributed by atoms with Crippen LogP contribution < -0.4 is 10.5 Å². The highest BCUT2D eigenvalue weighted by molar-refractivity contribution is 5.61. The van der Waals surface area contributed by atoms with E-state index in [1.54, 1.807) is 30.7 Å². The van der Waals surface area contributed by atoms with Crippen molar-refractivity contribution in [3.63, 3.8) is 0 Å². The van der Waals surface area contributed by atoms with E-state index in [1.165, 1.54) is 10.6 Å². The predicted molar refractivity (Wildman–Crippen MR) is 90.8 cm³/mol. The summed E-state index contributed by atoms with van der Waals surface area (Å²) in [5.74, 6) is 0.158. The number of anilines is 1. The third-order valence-electron chi connectivity index (χ3n) is 4.59. The fourth-order valence-corrected chi connectivity index (χ4v) is 3.31. The minimum absolute atomic E-state index is 0.158. The van der Waals surface area contributed by atoms with Crippen molar-refractivity contribution in [1.29, 1.82) is 0 Å². The van der Waals surface area contributed by atoms with E-state index in [1.807, 2.05) is 11.1 Å². The molecule has 0 bridgehead atoms. The fraction of sp³-hybridized carbons (Fsp3) is 0.312. The number of nitro groups is 1. The van der Waals surface area contributed by atoms with Gasteiger partial charge in [0.2, 0.25) is 5.82 Å². The molecule has 1 aliphatic rings. The molecule has 1 fully saturated rings. The summed E-state index contributed by atoms with van der Waals surface area (Å²) in [6.07, 6.45) is 8.55. The van der Waals surface area contributed by atoms with Crippen molar-refractivity contribution in [2.45, 2.75) is 18.9 Å². The Morgan fingerprint density at radius 3 is 2.68 bits per heavy atom. The molecule has 25 heavy (non-hydrogen) atoms. The summed E-state index contributed by atoms with van der Waals surface area (Å²) >= 11 is 0. The number of pyridine rings is 1. The van der Waals surface area contributed by atoms with Crippen LogP contribution in [0.4, 0.5) is 11.5 Å². The van der Waals surface area contributed by atoms with Crippen LogP contribution in [-0.4, -0.2) is 36.9 Å². The molecule has 0 N–H and O–H groups in total. The second-order valence-corrected chi connectivity index (χ2v) is 6.00. The summed E-state index contributed by atoms with van der Waals surface area (Å²) < 4.78 is 3.26. The van der Waals surface area contributed by atoms with Gasteiger partial charge in [-0.3, -0.25) is 19.3 Å². The van der Waals surface area contributed by atoms with Crippen molar-refractivity contribution in [3.05, 3.63) is 63.6 Å². The molecular formula is C16H16N6O3. The van der Waals surface area contributed by atoms with Gasteiger partial charge in [0.25, 0.3) is 0 Å². The number of hydrogen-bond donors (Lipinski definition) is 0. The van der Waals surface area contributed by atoms with Crippen molar-refractivity contribution >= 4 is 17.2 Å². The monoisotopic (exact) mass is 340 g/mol. The van der Waals surface area contributed by atoms with Crippen LogP contribution in [0.25, 0.3) is 5.65 Å². The van der Waals surface area contributed by atoms with Crippen LogP contribution in [0.5, 0.6) is 0 Å². The molecule has 0 radical (unpaired) electrons. The smallest absolute Gasteiger partial charge is 0.350 e. The molecular weight excluding hydrogens is 324 g/mol. The Morgan fingerprint density at radius 1 is 1.20 bits per heavy atom. The van der Waals surface area contributed by atoms with Crippen LogP contribution in [0.1, 0.15) is 18.9 Å². The van der Waals surface area contributed by atoms with Gasteiger partial charge in [0.1, 0.15) is 5.65 Å². The number of nitrogens with zero attached hydrogens (tertiary/aromatic N) is 6. The van der Waals surface area contributed by atoms with E-state index in [0.29, 0.717) is 24.8 Å². The summed E-state index contributed by atoms with van der Waals surface area (Å²) in [6, 6.07) is 5.38. The maximum absolute atomic E-state index is 12.5. The lowest BCUT2D eigenvalue weighted by molar-refractivity contribution is -0.385. The average molecular weight is 340 g/mol. The summed E-state index contributed by atoms with van der Waals surface area (Å²) in [4.78, 5) is 33.7. The van der Waals surface area contributed by atoms with Gasteiger partial charge in [-0.05, 0) is 25.0 Å².